The van der Waals surface area contributed by atoms with E-state index in [0.29, 0.717) is 6.04 Å². The molecule has 0 aliphatic heterocycles. The van der Waals surface area contributed by atoms with Crippen molar-refractivity contribution in [1.82, 2.24) is 4.90 Å². The predicted molar refractivity (Wildman–Crippen MR) is 68.0 cm³/mol. The Balaban J connectivity index is 2.12. The van der Waals surface area contributed by atoms with Gasteiger partial charge in [-0.1, -0.05) is 18.9 Å². The lowest BCUT2D eigenvalue weighted by atomic mass is 10.1. The molecular formula is C13H17NOS. The van der Waals surface area contributed by atoms with E-state index in [1.807, 2.05) is 36.2 Å². The van der Waals surface area contributed by atoms with Crippen molar-refractivity contribution < 1.29 is 4.79 Å². The van der Waals surface area contributed by atoms with Gasteiger partial charge in [-0.25, -0.2) is 0 Å². The first kappa shape index (κ1) is 11.5. The Morgan fingerprint density at radius 1 is 1.38 bits per heavy atom. The van der Waals surface area contributed by atoms with Gasteiger partial charge in [0, 0.05) is 23.5 Å². The van der Waals surface area contributed by atoms with Crippen LogP contribution in [0.3, 0.4) is 0 Å². The summed E-state index contributed by atoms with van der Waals surface area (Å²) in [6.45, 7) is 0. The van der Waals surface area contributed by atoms with E-state index in [1.165, 1.54) is 12.8 Å². The average molecular weight is 235 g/mol. The molecule has 3 heteroatoms. The molecule has 0 unspecified atom stereocenters. The maximum absolute atomic E-state index is 12.2. The largest absolute Gasteiger partial charge is 0.339 e. The third-order valence-corrected chi connectivity index (χ3v) is 3.56. The molecule has 86 valence electrons. The summed E-state index contributed by atoms with van der Waals surface area (Å²) >= 11 is 4.26. The third kappa shape index (κ3) is 2.40. The lowest BCUT2D eigenvalue weighted by Gasteiger charge is -2.24. The van der Waals surface area contributed by atoms with Gasteiger partial charge in [-0.05, 0) is 31.0 Å². The normalized spacial score (nSPS) is 16.4. The van der Waals surface area contributed by atoms with Crippen molar-refractivity contribution in [2.45, 2.75) is 36.6 Å². The summed E-state index contributed by atoms with van der Waals surface area (Å²) in [7, 11) is 1.91. The molecule has 0 heterocycles. The van der Waals surface area contributed by atoms with E-state index >= 15 is 0 Å². The van der Waals surface area contributed by atoms with Crippen LogP contribution in [0, 0.1) is 0 Å². The summed E-state index contributed by atoms with van der Waals surface area (Å²) in [5.74, 6) is 0.114. The Morgan fingerprint density at radius 2 is 2.06 bits per heavy atom. The van der Waals surface area contributed by atoms with Gasteiger partial charge in [-0.15, -0.1) is 12.6 Å². The number of hydrogen-bond acceptors (Lipinski definition) is 2. The number of nitrogens with zero attached hydrogens (tertiary/aromatic N) is 1. The topological polar surface area (TPSA) is 20.3 Å². The quantitative estimate of drug-likeness (QED) is 0.781. The van der Waals surface area contributed by atoms with Crippen LogP contribution in [-0.4, -0.2) is 23.9 Å². The van der Waals surface area contributed by atoms with Gasteiger partial charge < -0.3 is 4.90 Å². The third-order valence-electron chi connectivity index (χ3n) is 3.29. The number of rotatable bonds is 2. The standard InChI is InChI=1S/C13H17NOS/c1-14(11-6-2-3-7-11)13(15)10-5-4-8-12(16)9-10/h4-5,8-9,11,16H,2-3,6-7H2,1H3. The van der Waals surface area contributed by atoms with E-state index < -0.39 is 0 Å². The van der Waals surface area contributed by atoms with Crippen LogP contribution in [0.25, 0.3) is 0 Å². The van der Waals surface area contributed by atoms with Crippen LogP contribution in [0.15, 0.2) is 29.2 Å². The maximum atomic E-state index is 12.2. The van der Waals surface area contributed by atoms with Crippen molar-refractivity contribution in [3.8, 4) is 0 Å². The Labute approximate surface area is 102 Å². The molecule has 0 saturated heterocycles. The van der Waals surface area contributed by atoms with Crippen LogP contribution >= 0.6 is 12.6 Å². The fraction of sp³-hybridized carbons (Fsp3) is 0.462. The first-order chi connectivity index (χ1) is 7.68. The van der Waals surface area contributed by atoms with Crippen LogP contribution in [0.1, 0.15) is 36.0 Å². The summed E-state index contributed by atoms with van der Waals surface area (Å²) in [6.07, 6.45) is 4.77. The molecule has 0 radical (unpaired) electrons. The van der Waals surface area contributed by atoms with E-state index in [0.717, 1.165) is 23.3 Å². The molecule has 1 aliphatic carbocycles. The van der Waals surface area contributed by atoms with Crippen LogP contribution < -0.4 is 0 Å². The summed E-state index contributed by atoms with van der Waals surface area (Å²) < 4.78 is 0. The van der Waals surface area contributed by atoms with E-state index in [4.69, 9.17) is 0 Å². The Kier molecular flexibility index (Phi) is 3.54. The molecule has 1 saturated carbocycles. The molecule has 1 aromatic rings. The van der Waals surface area contributed by atoms with Gasteiger partial charge in [0.15, 0.2) is 0 Å². The molecular weight excluding hydrogens is 218 g/mol. The van der Waals surface area contributed by atoms with Crippen molar-refractivity contribution in [2.75, 3.05) is 7.05 Å². The molecule has 0 atom stereocenters. The molecule has 0 aromatic heterocycles. The molecule has 2 nitrogen and oxygen atoms in total. The molecule has 1 fully saturated rings. The van der Waals surface area contributed by atoms with Crippen molar-refractivity contribution in [1.29, 1.82) is 0 Å². The van der Waals surface area contributed by atoms with Crippen LogP contribution in [0.2, 0.25) is 0 Å². The first-order valence-electron chi connectivity index (χ1n) is 5.74. The number of amides is 1. The van der Waals surface area contributed by atoms with Crippen molar-refractivity contribution in [3.63, 3.8) is 0 Å². The zero-order valence-corrected chi connectivity index (χ0v) is 10.4. The Morgan fingerprint density at radius 3 is 2.69 bits per heavy atom. The highest BCUT2D eigenvalue weighted by Gasteiger charge is 2.23. The minimum atomic E-state index is 0.114. The van der Waals surface area contributed by atoms with Gasteiger partial charge in [0.05, 0.1) is 0 Å². The summed E-state index contributed by atoms with van der Waals surface area (Å²) in [5, 5.41) is 0. The molecule has 0 spiro atoms. The molecule has 16 heavy (non-hydrogen) atoms. The maximum Gasteiger partial charge on any atom is 0.253 e. The Hall–Kier alpha value is -0.960. The second-order valence-electron chi connectivity index (χ2n) is 4.40. The molecule has 1 aliphatic rings. The molecule has 0 N–H and O–H groups in total. The Bertz CT molecular complexity index is 385. The van der Waals surface area contributed by atoms with Gasteiger partial charge >= 0.3 is 0 Å². The van der Waals surface area contributed by atoms with Crippen molar-refractivity contribution in [2.24, 2.45) is 0 Å². The summed E-state index contributed by atoms with van der Waals surface area (Å²) in [6, 6.07) is 7.87. The molecule has 0 bridgehead atoms. The molecule has 1 aromatic carbocycles. The number of thiol groups is 1. The van der Waals surface area contributed by atoms with Crippen LogP contribution in [0.4, 0.5) is 0 Å². The number of benzene rings is 1. The highest BCUT2D eigenvalue weighted by atomic mass is 32.1. The van der Waals surface area contributed by atoms with Gasteiger partial charge in [-0.3, -0.25) is 4.79 Å². The average Bonchev–Trinajstić information content (AvgIpc) is 2.80. The smallest absolute Gasteiger partial charge is 0.253 e. The van der Waals surface area contributed by atoms with Crippen LogP contribution in [-0.2, 0) is 0 Å². The highest BCUT2D eigenvalue weighted by Crippen LogP contribution is 2.24. The van der Waals surface area contributed by atoms with E-state index in [1.54, 1.807) is 0 Å². The number of carbonyl (C=O) groups excluding carboxylic acids is 1. The number of hydrogen-bond donors (Lipinski definition) is 1. The van der Waals surface area contributed by atoms with Crippen molar-refractivity contribution in [3.05, 3.63) is 29.8 Å². The van der Waals surface area contributed by atoms with E-state index in [-0.39, 0.29) is 5.91 Å². The fourth-order valence-electron chi connectivity index (χ4n) is 2.30. The predicted octanol–water partition coefficient (Wildman–Crippen LogP) is 2.99. The van der Waals surface area contributed by atoms with E-state index in [9.17, 15) is 4.79 Å². The minimum Gasteiger partial charge on any atom is -0.339 e. The summed E-state index contributed by atoms with van der Waals surface area (Å²) in [5.41, 5.74) is 0.738. The van der Waals surface area contributed by atoms with Gasteiger partial charge in [0.25, 0.3) is 5.91 Å². The lowest BCUT2D eigenvalue weighted by Crippen LogP contribution is -2.35. The highest BCUT2D eigenvalue weighted by molar-refractivity contribution is 7.80. The lowest BCUT2D eigenvalue weighted by molar-refractivity contribution is 0.0735. The van der Waals surface area contributed by atoms with Gasteiger partial charge in [0.1, 0.15) is 0 Å². The first-order valence-corrected chi connectivity index (χ1v) is 6.19. The molecule has 1 amide bonds. The minimum absolute atomic E-state index is 0.114. The zero-order valence-electron chi connectivity index (χ0n) is 9.52. The summed E-state index contributed by atoms with van der Waals surface area (Å²) in [4.78, 5) is 14.9. The van der Waals surface area contributed by atoms with Crippen molar-refractivity contribution >= 4 is 18.5 Å². The zero-order chi connectivity index (χ0) is 11.5. The monoisotopic (exact) mass is 235 g/mol. The van der Waals surface area contributed by atoms with Crippen LogP contribution in [0.5, 0.6) is 0 Å². The fourth-order valence-corrected chi connectivity index (χ4v) is 2.53. The SMILES string of the molecule is CN(C(=O)c1cccc(S)c1)C1CCCC1. The molecule has 2 rings (SSSR count). The second-order valence-corrected chi connectivity index (χ2v) is 4.92. The van der Waals surface area contributed by atoms with E-state index in [2.05, 4.69) is 12.6 Å². The second kappa shape index (κ2) is 4.91. The van der Waals surface area contributed by atoms with Gasteiger partial charge in [-0.2, -0.15) is 0 Å². The van der Waals surface area contributed by atoms with Gasteiger partial charge in [0.2, 0.25) is 0 Å². The number of carbonyl (C=O) groups is 1.